The van der Waals surface area contributed by atoms with E-state index in [1.807, 2.05) is 44.0 Å². The molecule has 7 heteroatoms. The van der Waals surface area contributed by atoms with E-state index in [-0.39, 0.29) is 18.0 Å². The van der Waals surface area contributed by atoms with Crippen LogP contribution in [0.4, 0.5) is 16.3 Å². The van der Waals surface area contributed by atoms with Crippen molar-refractivity contribution in [2.24, 2.45) is 0 Å². The lowest BCUT2D eigenvalue weighted by Crippen LogP contribution is -2.49. The Hall–Kier alpha value is -3.09. The Bertz CT molecular complexity index is 982. The number of carbonyl (C=O) groups is 2. The smallest absolute Gasteiger partial charge is 0.414 e. The molecule has 0 radical (unpaired) electrons. The summed E-state index contributed by atoms with van der Waals surface area (Å²) in [5.41, 5.74) is 4.66. The van der Waals surface area contributed by atoms with Crippen LogP contribution in [0.1, 0.15) is 34.0 Å². The molecule has 2 aromatic rings. The lowest BCUT2D eigenvalue weighted by molar-refractivity contribution is 0.0746. The van der Waals surface area contributed by atoms with Gasteiger partial charge in [0.05, 0.1) is 11.7 Å². The third-order valence-corrected chi connectivity index (χ3v) is 5.84. The Labute approximate surface area is 177 Å². The molecule has 30 heavy (non-hydrogen) atoms. The summed E-state index contributed by atoms with van der Waals surface area (Å²) < 4.78 is 5.12. The molecule has 1 atom stereocenters. The summed E-state index contributed by atoms with van der Waals surface area (Å²) in [5, 5.41) is 0. The van der Waals surface area contributed by atoms with Gasteiger partial charge in [0, 0.05) is 37.9 Å². The average Bonchev–Trinajstić information content (AvgIpc) is 3.06. The minimum absolute atomic E-state index is 0.00957. The van der Waals surface area contributed by atoms with E-state index in [1.54, 1.807) is 11.0 Å². The minimum Gasteiger partial charge on any atom is -0.447 e. The van der Waals surface area contributed by atoms with Crippen molar-refractivity contribution >= 4 is 23.5 Å². The number of ether oxygens (including phenoxy) is 1. The number of anilines is 2. The van der Waals surface area contributed by atoms with Gasteiger partial charge in [-0.3, -0.25) is 9.69 Å². The van der Waals surface area contributed by atoms with E-state index in [4.69, 9.17) is 4.74 Å². The van der Waals surface area contributed by atoms with Crippen LogP contribution >= 0.6 is 0 Å². The topological polar surface area (TPSA) is 66.0 Å². The van der Waals surface area contributed by atoms with Gasteiger partial charge >= 0.3 is 6.09 Å². The molecule has 1 aromatic carbocycles. The van der Waals surface area contributed by atoms with Crippen molar-refractivity contribution in [1.29, 1.82) is 0 Å². The largest absolute Gasteiger partial charge is 0.447 e. The second-order valence-electron chi connectivity index (χ2n) is 8.23. The maximum Gasteiger partial charge on any atom is 0.414 e. The zero-order valence-electron chi connectivity index (χ0n) is 18.0. The van der Waals surface area contributed by atoms with Gasteiger partial charge in [-0.1, -0.05) is 6.07 Å². The summed E-state index contributed by atoms with van der Waals surface area (Å²) in [6.45, 7) is 11.2. The molecule has 0 spiro atoms. The van der Waals surface area contributed by atoms with Gasteiger partial charge in [-0.15, -0.1) is 0 Å². The summed E-state index contributed by atoms with van der Waals surface area (Å²) in [7, 11) is 0. The SMILES string of the molecule is Cc1cnc(N2CCN(C(=O)c3ccc(N4C(=O)OCC4C)c(C)c3)CC2)c(C)c1. The minimum atomic E-state index is -0.333. The van der Waals surface area contributed by atoms with Crippen LogP contribution in [-0.2, 0) is 4.74 Å². The van der Waals surface area contributed by atoms with Crippen LogP contribution in [0.3, 0.4) is 0 Å². The Kier molecular flexibility index (Phi) is 5.37. The highest BCUT2D eigenvalue weighted by molar-refractivity contribution is 5.96. The van der Waals surface area contributed by atoms with Crippen LogP contribution in [0.5, 0.6) is 0 Å². The molecule has 2 aliphatic heterocycles. The van der Waals surface area contributed by atoms with Crippen LogP contribution in [-0.4, -0.2) is 60.7 Å². The van der Waals surface area contributed by atoms with Crippen LogP contribution in [0.2, 0.25) is 0 Å². The van der Waals surface area contributed by atoms with E-state index in [1.165, 1.54) is 0 Å². The fraction of sp³-hybridized carbons (Fsp3) is 0.435. The first kappa shape index (κ1) is 20.2. The standard InChI is InChI=1S/C23H28N4O3/c1-15-11-17(3)21(24-13-15)25-7-9-26(10-8-25)22(28)19-5-6-20(16(2)12-19)27-18(4)14-30-23(27)29/h5-6,11-13,18H,7-10,14H2,1-4H3. The van der Waals surface area contributed by atoms with Gasteiger partial charge in [-0.05, 0) is 62.6 Å². The average molecular weight is 409 g/mol. The molecule has 0 N–H and O–H groups in total. The molecule has 4 rings (SSSR count). The molecule has 7 nitrogen and oxygen atoms in total. The fourth-order valence-electron chi connectivity index (χ4n) is 4.25. The zero-order chi connectivity index (χ0) is 21.4. The van der Waals surface area contributed by atoms with Crippen molar-refractivity contribution in [3.63, 3.8) is 0 Å². The number of benzene rings is 1. The molecule has 1 aromatic heterocycles. The molecule has 2 aliphatic rings. The zero-order valence-corrected chi connectivity index (χ0v) is 18.0. The molecular weight excluding hydrogens is 380 g/mol. The predicted molar refractivity (Wildman–Crippen MR) is 116 cm³/mol. The molecule has 2 fully saturated rings. The number of aromatic nitrogens is 1. The second-order valence-corrected chi connectivity index (χ2v) is 8.23. The number of rotatable bonds is 3. The van der Waals surface area contributed by atoms with Gasteiger partial charge in [0.15, 0.2) is 0 Å². The third kappa shape index (κ3) is 3.72. The number of amides is 2. The van der Waals surface area contributed by atoms with Gasteiger partial charge in [0.1, 0.15) is 12.4 Å². The first-order valence-corrected chi connectivity index (χ1v) is 10.4. The summed E-state index contributed by atoms with van der Waals surface area (Å²) in [5.74, 6) is 1.02. The highest BCUT2D eigenvalue weighted by Gasteiger charge is 2.32. The molecule has 0 saturated carbocycles. The van der Waals surface area contributed by atoms with Gasteiger partial charge in [0.2, 0.25) is 0 Å². The quantitative estimate of drug-likeness (QED) is 0.780. The van der Waals surface area contributed by atoms with Gasteiger partial charge in [0.25, 0.3) is 5.91 Å². The fourth-order valence-corrected chi connectivity index (χ4v) is 4.25. The lowest BCUT2D eigenvalue weighted by atomic mass is 10.1. The van der Waals surface area contributed by atoms with E-state index in [0.29, 0.717) is 25.3 Å². The second kappa shape index (κ2) is 7.97. The van der Waals surface area contributed by atoms with E-state index >= 15 is 0 Å². The van der Waals surface area contributed by atoms with Crippen molar-refractivity contribution in [2.75, 3.05) is 42.6 Å². The number of hydrogen-bond donors (Lipinski definition) is 0. The summed E-state index contributed by atoms with van der Waals surface area (Å²) in [6.07, 6.45) is 1.56. The Balaban J connectivity index is 1.44. The van der Waals surface area contributed by atoms with Crippen LogP contribution in [0.25, 0.3) is 0 Å². The van der Waals surface area contributed by atoms with Gasteiger partial charge in [-0.2, -0.15) is 0 Å². The first-order chi connectivity index (χ1) is 14.3. The summed E-state index contributed by atoms with van der Waals surface area (Å²) in [4.78, 5) is 35.4. The first-order valence-electron chi connectivity index (χ1n) is 10.4. The van der Waals surface area contributed by atoms with E-state index in [9.17, 15) is 9.59 Å². The number of pyridine rings is 1. The molecule has 3 heterocycles. The van der Waals surface area contributed by atoms with Crippen molar-refractivity contribution in [3.05, 3.63) is 52.7 Å². The molecular formula is C23H28N4O3. The Morgan fingerprint density at radius 2 is 1.80 bits per heavy atom. The number of cyclic esters (lactones) is 1. The van der Waals surface area contributed by atoms with Crippen LogP contribution in [0.15, 0.2) is 30.5 Å². The number of carbonyl (C=O) groups excluding carboxylic acids is 2. The predicted octanol–water partition coefficient (Wildman–Crippen LogP) is 3.31. The molecule has 1 unspecified atom stereocenters. The highest BCUT2D eigenvalue weighted by Crippen LogP contribution is 2.28. The molecule has 0 bridgehead atoms. The van der Waals surface area contributed by atoms with Gasteiger partial charge in [-0.25, -0.2) is 9.78 Å². The van der Waals surface area contributed by atoms with E-state index in [2.05, 4.69) is 22.9 Å². The number of piperazine rings is 1. The maximum absolute atomic E-state index is 13.1. The summed E-state index contributed by atoms with van der Waals surface area (Å²) >= 11 is 0. The maximum atomic E-state index is 13.1. The number of nitrogens with zero attached hydrogens (tertiary/aromatic N) is 4. The third-order valence-electron chi connectivity index (χ3n) is 5.84. The number of hydrogen-bond acceptors (Lipinski definition) is 5. The van der Waals surface area contributed by atoms with Gasteiger partial charge < -0.3 is 14.5 Å². The normalized spacial score (nSPS) is 19.3. The van der Waals surface area contributed by atoms with Crippen molar-refractivity contribution < 1.29 is 14.3 Å². The van der Waals surface area contributed by atoms with E-state index < -0.39 is 0 Å². The molecule has 158 valence electrons. The van der Waals surface area contributed by atoms with Crippen LogP contribution in [0, 0.1) is 20.8 Å². The summed E-state index contributed by atoms with van der Waals surface area (Å²) in [6, 6.07) is 7.65. The molecule has 2 saturated heterocycles. The number of aryl methyl sites for hydroxylation is 3. The van der Waals surface area contributed by atoms with Crippen molar-refractivity contribution in [2.45, 2.75) is 33.7 Å². The Morgan fingerprint density at radius 3 is 2.40 bits per heavy atom. The van der Waals surface area contributed by atoms with Crippen molar-refractivity contribution in [3.8, 4) is 0 Å². The van der Waals surface area contributed by atoms with E-state index in [0.717, 1.165) is 41.3 Å². The van der Waals surface area contributed by atoms with Crippen molar-refractivity contribution in [1.82, 2.24) is 9.88 Å². The molecule has 2 amide bonds. The monoisotopic (exact) mass is 408 g/mol. The Morgan fingerprint density at radius 1 is 1.07 bits per heavy atom. The molecule has 0 aliphatic carbocycles. The highest BCUT2D eigenvalue weighted by atomic mass is 16.6. The lowest BCUT2D eigenvalue weighted by Gasteiger charge is -2.36. The van der Waals surface area contributed by atoms with Crippen LogP contribution < -0.4 is 9.80 Å².